The molecule has 15 heavy (non-hydrogen) atoms. The van der Waals surface area contributed by atoms with Gasteiger partial charge in [-0.1, -0.05) is 6.85 Å². The van der Waals surface area contributed by atoms with Crippen molar-refractivity contribution in [3.05, 3.63) is 29.8 Å². The molecule has 0 atom stereocenters. The summed E-state index contributed by atoms with van der Waals surface area (Å²) in [5.74, 6) is -2.38. The average molecular weight is 242 g/mol. The lowest BCUT2D eigenvalue weighted by atomic mass is 10.3. The minimum absolute atomic E-state index is 0.325. The normalized spacial score (nSPS) is 21.1. The summed E-state index contributed by atoms with van der Waals surface area (Å²) in [5, 5.41) is 0. The van der Waals surface area contributed by atoms with Crippen molar-refractivity contribution in [1.82, 2.24) is 0 Å². The van der Waals surface area contributed by atoms with Crippen molar-refractivity contribution in [3.8, 4) is 0 Å². The van der Waals surface area contributed by atoms with Gasteiger partial charge in [-0.05, 0) is 18.5 Å². The molecule has 6 heteroatoms. The quantitative estimate of drug-likeness (QED) is 0.879. The number of rotatable bonds is 4. The highest BCUT2D eigenvalue weighted by Gasteiger charge is 2.12. The van der Waals surface area contributed by atoms with E-state index in [4.69, 9.17) is 9.60 Å². The van der Waals surface area contributed by atoms with Gasteiger partial charge in [0.25, 0.3) is 0 Å². The van der Waals surface area contributed by atoms with Gasteiger partial charge in [-0.15, -0.1) is 0 Å². The molecule has 0 saturated heterocycles. The van der Waals surface area contributed by atoms with Crippen molar-refractivity contribution < 1.29 is 26.8 Å². The predicted octanol–water partition coefficient (Wildman–Crippen LogP) is 2.12. The van der Waals surface area contributed by atoms with Gasteiger partial charge in [-0.3, -0.25) is 4.72 Å². The van der Waals surface area contributed by atoms with E-state index in [9.17, 15) is 17.2 Å². The van der Waals surface area contributed by atoms with Crippen LogP contribution in [0.3, 0.4) is 0 Å². The molecule has 0 aliphatic heterocycles. The molecular weight excluding hydrogens is 224 g/mol. The van der Waals surface area contributed by atoms with Crippen LogP contribution >= 0.6 is 0 Å². The van der Waals surface area contributed by atoms with Gasteiger partial charge in [0, 0.05) is 15.7 Å². The zero-order chi connectivity index (χ0) is 17.6. The fraction of sp³-hybridized carbons (Fsp3) is 0.333. The van der Waals surface area contributed by atoms with Crippen molar-refractivity contribution >= 4 is 15.7 Å². The molecule has 1 N–H and O–H groups in total. The number of hydrogen-bond acceptors (Lipinski definition) is 2. The van der Waals surface area contributed by atoms with Crippen LogP contribution in [0.1, 0.15) is 22.8 Å². The van der Waals surface area contributed by atoms with E-state index in [1.54, 1.807) is 0 Å². The number of sulfonamides is 1. The molecule has 0 bridgehead atoms. The Kier molecular flexibility index (Phi) is 1.60. The summed E-state index contributed by atoms with van der Waals surface area (Å²) in [5.41, 5.74) is -4.75. The molecule has 1 aromatic rings. The predicted molar refractivity (Wildman–Crippen MR) is 54.1 cm³/mol. The molecule has 0 heterocycles. The van der Waals surface area contributed by atoms with Gasteiger partial charge in [0.2, 0.25) is 10.0 Å². The first-order chi connectivity index (χ1) is 9.63. The van der Waals surface area contributed by atoms with Crippen LogP contribution in [0, 0.1) is 11.6 Å². The topological polar surface area (TPSA) is 46.2 Å². The zero-order valence-corrected chi connectivity index (χ0v) is 8.03. The van der Waals surface area contributed by atoms with Gasteiger partial charge >= 0.3 is 0 Å². The van der Waals surface area contributed by atoms with Crippen LogP contribution in [0.25, 0.3) is 0 Å². The first kappa shape index (κ1) is 5.25. The monoisotopic (exact) mass is 242 g/mol. The Morgan fingerprint density at radius 2 is 2.27 bits per heavy atom. The summed E-state index contributed by atoms with van der Waals surface area (Å²) >= 11 is 0. The van der Waals surface area contributed by atoms with Crippen LogP contribution in [0.2, 0.25) is 0 Å². The van der Waals surface area contributed by atoms with Crippen LogP contribution in [-0.2, 0) is 10.0 Å². The SMILES string of the molecule is [2H]C([2H])([2H])C([2H])([2H])C([2H])([2H])S(=O)(=O)Nc1ccc(F)cc1F. The Hall–Kier alpha value is -1.17. The molecule has 3 nitrogen and oxygen atoms in total. The van der Waals surface area contributed by atoms with E-state index < -0.39 is 46.3 Å². The molecule has 0 spiro atoms. The Balaban J connectivity index is 3.29. The van der Waals surface area contributed by atoms with Crippen molar-refractivity contribution in [2.75, 3.05) is 10.4 Å². The first-order valence-corrected chi connectivity index (χ1v) is 5.09. The second-order valence-electron chi connectivity index (χ2n) is 2.46. The Bertz CT molecular complexity index is 675. The summed E-state index contributed by atoms with van der Waals surface area (Å²) in [6.45, 7) is -3.59. The first-order valence-electron chi connectivity index (χ1n) is 7.11. The van der Waals surface area contributed by atoms with Gasteiger partial charge in [0.05, 0.1) is 11.4 Å². The van der Waals surface area contributed by atoms with Crippen LogP contribution in [0.5, 0.6) is 0 Å². The molecule has 0 radical (unpaired) electrons. The Labute approximate surface area is 97.0 Å². The summed E-state index contributed by atoms with van der Waals surface area (Å²) in [4.78, 5) is 0. The van der Waals surface area contributed by atoms with Gasteiger partial charge in [0.15, 0.2) is 0 Å². The lowest BCUT2D eigenvalue weighted by molar-refractivity contribution is 0.582. The Morgan fingerprint density at radius 3 is 2.87 bits per heavy atom. The lowest BCUT2D eigenvalue weighted by Gasteiger charge is -2.07. The van der Waals surface area contributed by atoms with Crippen molar-refractivity contribution in [2.45, 2.75) is 13.2 Å². The van der Waals surface area contributed by atoms with E-state index in [0.29, 0.717) is 18.2 Å². The summed E-state index contributed by atoms with van der Waals surface area (Å²) in [6.07, 6.45) is -3.78. The molecule has 0 amide bonds. The molecule has 1 aromatic carbocycles. The molecule has 0 saturated carbocycles. The second-order valence-corrected chi connectivity index (χ2v) is 3.87. The van der Waals surface area contributed by atoms with Gasteiger partial charge in [0.1, 0.15) is 11.6 Å². The fourth-order valence-corrected chi connectivity index (χ4v) is 1.45. The highest BCUT2D eigenvalue weighted by Crippen LogP contribution is 2.16. The number of benzene rings is 1. The van der Waals surface area contributed by atoms with E-state index in [0.717, 1.165) is 0 Å². The maximum Gasteiger partial charge on any atom is 0.232 e. The van der Waals surface area contributed by atoms with E-state index >= 15 is 0 Å². The minimum atomic E-state index is -5.30. The molecule has 1 rings (SSSR count). The third kappa shape index (κ3) is 3.47. The van der Waals surface area contributed by atoms with E-state index in [-0.39, 0.29) is 0 Å². The average Bonchev–Trinajstić information content (AvgIpc) is 2.30. The Morgan fingerprint density at radius 1 is 1.53 bits per heavy atom. The maximum atomic E-state index is 13.4. The maximum absolute atomic E-state index is 13.4. The van der Waals surface area contributed by atoms with Crippen LogP contribution in [0.4, 0.5) is 14.5 Å². The molecule has 0 aliphatic rings. The van der Waals surface area contributed by atoms with Crippen LogP contribution in [0.15, 0.2) is 18.2 Å². The third-order valence-electron chi connectivity index (χ3n) is 1.36. The minimum Gasteiger partial charge on any atom is -0.281 e. The molecule has 0 aromatic heterocycles. The zero-order valence-electron chi connectivity index (χ0n) is 14.2. The molecule has 0 aliphatic carbocycles. The summed E-state index contributed by atoms with van der Waals surface area (Å²) < 4.78 is 101. The van der Waals surface area contributed by atoms with Crippen molar-refractivity contribution in [2.24, 2.45) is 0 Å². The van der Waals surface area contributed by atoms with Crippen molar-refractivity contribution in [3.63, 3.8) is 0 Å². The molecule has 84 valence electrons. The van der Waals surface area contributed by atoms with Crippen molar-refractivity contribution in [1.29, 1.82) is 0 Å². The molecule has 0 unspecified atom stereocenters. The third-order valence-corrected chi connectivity index (χ3v) is 2.22. The van der Waals surface area contributed by atoms with Crippen LogP contribution < -0.4 is 4.72 Å². The van der Waals surface area contributed by atoms with Gasteiger partial charge < -0.3 is 0 Å². The highest BCUT2D eigenvalue weighted by molar-refractivity contribution is 7.92. The van der Waals surface area contributed by atoms with Gasteiger partial charge in [-0.25, -0.2) is 17.2 Å². The van der Waals surface area contributed by atoms with E-state index in [1.807, 2.05) is 0 Å². The fourth-order valence-electron chi connectivity index (χ4n) is 0.810. The number of hydrogen-bond donors (Lipinski definition) is 1. The standard InChI is InChI=1S/C9H11F2NO2S/c1-2-5-15(13,14)12-9-4-3-7(10)6-8(9)11/h3-4,6,12H,2,5H2,1H3/i1D3,2D2,5D2. The van der Waals surface area contributed by atoms with Gasteiger partial charge in [-0.2, -0.15) is 0 Å². The molecule has 0 fully saturated rings. The number of halogens is 2. The van der Waals surface area contributed by atoms with Crippen LogP contribution in [-0.4, -0.2) is 14.1 Å². The van der Waals surface area contributed by atoms with E-state index in [1.165, 1.54) is 4.72 Å². The lowest BCUT2D eigenvalue weighted by Crippen LogP contribution is -2.16. The summed E-state index contributed by atoms with van der Waals surface area (Å²) in [7, 11) is -5.30. The number of anilines is 1. The second kappa shape index (κ2) is 4.57. The largest absolute Gasteiger partial charge is 0.281 e. The highest BCUT2D eigenvalue weighted by atomic mass is 32.2. The summed E-state index contributed by atoms with van der Waals surface area (Å²) in [6, 6.07) is 1.67. The number of nitrogens with one attached hydrogen (secondary N) is 1. The molecular formula is C9H11F2NO2S. The van der Waals surface area contributed by atoms with E-state index in [2.05, 4.69) is 0 Å². The smallest absolute Gasteiger partial charge is 0.232 e.